The van der Waals surface area contributed by atoms with Gasteiger partial charge in [0.1, 0.15) is 11.8 Å². The smallest absolute Gasteiger partial charge is 0.253 e. The van der Waals surface area contributed by atoms with E-state index >= 15 is 0 Å². The van der Waals surface area contributed by atoms with Crippen LogP contribution in [0.15, 0.2) is 53.3 Å². The lowest BCUT2D eigenvalue weighted by atomic mass is 9.99. The lowest BCUT2D eigenvalue weighted by Crippen LogP contribution is -2.41. The number of likely N-dealkylation sites (tertiary alicyclic amines) is 1. The molecule has 0 aliphatic carbocycles. The van der Waals surface area contributed by atoms with Crippen molar-refractivity contribution in [1.82, 2.24) is 30.1 Å². The number of aliphatic hydroxyl groups is 1. The first-order chi connectivity index (χ1) is 16.5. The second-order valence-corrected chi connectivity index (χ2v) is 8.86. The van der Waals surface area contributed by atoms with Crippen LogP contribution >= 0.6 is 0 Å². The van der Waals surface area contributed by atoms with E-state index in [1.165, 1.54) is 0 Å². The van der Waals surface area contributed by atoms with Gasteiger partial charge < -0.3 is 14.8 Å². The molecule has 1 saturated heterocycles. The van der Waals surface area contributed by atoms with Gasteiger partial charge in [0.15, 0.2) is 5.82 Å². The van der Waals surface area contributed by atoms with Gasteiger partial charge in [-0.05, 0) is 71.5 Å². The highest BCUT2D eigenvalue weighted by Crippen LogP contribution is 2.30. The number of fused-ring (bicyclic) bond motifs is 1. The number of rotatable bonds is 6. The van der Waals surface area contributed by atoms with E-state index in [4.69, 9.17) is 4.74 Å². The van der Waals surface area contributed by atoms with Crippen LogP contribution in [-0.4, -0.2) is 61.5 Å². The standard InChI is InChI=1S/C25H28N6O3/c1-16-3-8-22-18(13-16)14-21(25(33)26-22)23(30-11-9-19(32)10-12-30)24-27-28-29-31(24)15-17-4-6-20(34-2)7-5-17/h3-8,13-14,19,23,32H,9-12,15H2,1-2H3,(H,26,33)/t23-/m0/s1. The average molecular weight is 461 g/mol. The fourth-order valence-electron chi connectivity index (χ4n) is 4.61. The molecule has 0 spiro atoms. The zero-order valence-electron chi connectivity index (χ0n) is 19.3. The Balaban J connectivity index is 1.58. The molecule has 1 aliphatic rings. The van der Waals surface area contributed by atoms with E-state index in [1.54, 1.807) is 11.8 Å². The van der Waals surface area contributed by atoms with Gasteiger partial charge in [0.05, 0.1) is 19.8 Å². The van der Waals surface area contributed by atoms with E-state index in [9.17, 15) is 9.90 Å². The molecule has 0 radical (unpaired) electrons. The number of hydrogen-bond donors (Lipinski definition) is 2. The van der Waals surface area contributed by atoms with E-state index in [0.717, 1.165) is 27.8 Å². The van der Waals surface area contributed by atoms with Gasteiger partial charge in [-0.3, -0.25) is 9.69 Å². The largest absolute Gasteiger partial charge is 0.497 e. The maximum absolute atomic E-state index is 13.3. The summed E-state index contributed by atoms with van der Waals surface area (Å²) >= 11 is 0. The molecule has 9 nitrogen and oxygen atoms in total. The normalized spacial score (nSPS) is 16.1. The highest BCUT2D eigenvalue weighted by atomic mass is 16.5. The van der Waals surface area contributed by atoms with E-state index < -0.39 is 6.04 Å². The Morgan fingerprint density at radius 3 is 2.65 bits per heavy atom. The summed E-state index contributed by atoms with van der Waals surface area (Å²) in [5.74, 6) is 1.38. The number of piperidine rings is 1. The molecule has 0 unspecified atom stereocenters. The molecule has 9 heteroatoms. The molecule has 1 atom stereocenters. The minimum absolute atomic E-state index is 0.161. The van der Waals surface area contributed by atoms with Crippen LogP contribution in [0.2, 0.25) is 0 Å². The predicted octanol–water partition coefficient (Wildman–Crippen LogP) is 2.43. The summed E-state index contributed by atoms with van der Waals surface area (Å²) in [6, 6.07) is 15.2. The van der Waals surface area contributed by atoms with Crippen LogP contribution in [-0.2, 0) is 6.54 Å². The Bertz CT molecular complexity index is 1340. The number of tetrazole rings is 1. The maximum Gasteiger partial charge on any atom is 0.253 e. The molecule has 1 aliphatic heterocycles. The summed E-state index contributed by atoms with van der Waals surface area (Å²) in [7, 11) is 1.64. The topological polar surface area (TPSA) is 109 Å². The first-order valence-corrected chi connectivity index (χ1v) is 11.5. The number of aryl methyl sites for hydroxylation is 1. The third kappa shape index (κ3) is 4.44. The molecular formula is C25H28N6O3. The first-order valence-electron chi connectivity index (χ1n) is 11.5. The minimum Gasteiger partial charge on any atom is -0.497 e. The molecule has 5 rings (SSSR count). The van der Waals surface area contributed by atoms with Gasteiger partial charge in [0, 0.05) is 24.2 Å². The first kappa shape index (κ1) is 22.2. The van der Waals surface area contributed by atoms with Crippen molar-refractivity contribution in [3.8, 4) is 5.75 Å². The van der Waals surface area contributed by atoms with Crippen LogP contribution in [0.4, 0.5) is 0 Å². The lowest BCUT2D eigenvalue weighted by Gasteiger charge is -2.35. The van der Waals surface area contributed by atoms with Crippen LogP contribution in [0.5, 0.6) is 5.75 Å². The summed E-state index contributed by atoms with van der Waals surface area (Å²) in [6.07, 6.45) is 0.951. The van der Waals surface area contributed by atoms with Gasteiger partial charge in [0.25, 0.3) is 5.56 Å². The molecular weight excluding hydrogens is 432 g/mol. The predicted molar refractivity (Wildman–Crippen MR) is 128 cm³/mol. The molecule has 0 amide bonds. The Hall–Kier alpha value is -3.56. The number of aromatic nitrogens is 5. The molecule has 4 aromatic rings. The van der Waals surface area contributed by atoms with Gasteiger partial charge in [0.2, 0.25) is 0 Å². The SMILES string of the molecule is COc1ccc(Cn2nnnc2[C@H](c2cc3cc(C)ccc3[nH]c2=O)N2CCC(O)CC2)cc1. The van der Waals surface area contributed by atoms with Crippen molar-refractivity contribution in [1.29, 1.82) is 0 Å². The van der Waals surface area contributed by atoms with Crippen LogP contribution in [0.25, 0.3) is 10.9 Å². The van der Waals surface area contributed by atoms with Crippen LogP contribution in [0, 0.1) is 6.92 Å². The highest BCUT2D eigenvalue weighted by Gasteiger charge is 2.32. The number of methoxy groups -OCH3 is 1. The summed E-state index contributed by atoms with van der Waals surface area (Å²) < 4.78 is 7.00. The van der Waals surface area contributed by atoms with E-state index in [0.29, 0.717) is 43.9 Å². The Labute approximate surface area is 197 Å². The van der Waals surface area contributed by atoms with E-state index in [2.05, 4.69) is 31.5 Å². The zero-order chi connectivity index (χ0) is 23.7. The number of nitrogens with one attached hydrogen (secondary N) is 1. The fraction of sp³-hybridized carbons (Fsp3) is 0.360. The number of pyridine rings is 1. The second kappa shape index (κ2) is 9.36. The summed E-state index contributed by atoms with van der Waals surface area (Å²) in [5, 5.41) is 23.6. The van der Waals surface area contributed by atoms with E-state index in [-0.39, 0.29) is 11.7 Å². The van der Waals surface area contributed by atoms with Crippen molar-refractivity contribution in [2.24, 2.45) is 0 Å². The molecule has 0 bridgehead atoms. The van der Waals surface area contributed by atoms with Crippen molar-refractivity contribution >= 4 is 10.9 Å². The third-order valence-electron chi connectivity index (χ3n) is 6.48. The molecule has 1 fully saturated rings. The Morgan fingerprint density at radius 2 is 1.91 bits per heavy atom. The van der Waals surface area contributed by atoms with Crippen molar-refractivity contribution in [3.05, 3.63) is 81.4 Å². The summed E-state index contributed by atoms with van der Waals surface area (Å²) in [5.41, 5.74) is 3.37. The van der Waals surface area contributed by atoms with Gasteiger partial charge in [-0.2, -0.15) is 0 Å². The van der Waals surface area contributed by atoms with Crippen molar-refractivity contribution in [3.63, 3.8) is 0 Å². The molecule has 2 aromatic heterocycles. The van der Waals surface area contributed by atoms with Gasteiger partial charge in [-0.15, -0.1) is 5.10 Å². The minimum atomic E-state index is -0.436. The van der Waals surface area contributed by atoms with Crippen LogP contribution in [0.1, 0.15) is 41.4 Å². The monoisotopic (exact) mass is 460 g/mol. The number of ether oxygens (including phenoxy) is 1. The van der Waals surface area contributed by atoms with Gasteiger partial charge in [-0.1, -0.05) is 23.8 Å². The number of H-pyrrole nitrogens is 1. The highest BCUT2D eigenvalue weighted by molar-refractivity contribution is 5.79. The molecule has 0 saturated carbocycles. The number of aromatic amines is 1. The molecule has 3 heterocycles. The molecule has 2 aromatic carbocycles. The van der Waals surface area contributed by atoms with Crippen molar-refractivity contribution in [2.75, 3.05) is 20.2 Å². The molecule has 34 heavy (non-hydrogen) atoms. The number of nitrogens with zero attached hydrogens (tertiary/aromatic N) is 5. The quantitative estimate of drug-likeness (QED) is 0.455. The fourth-order valence-corrected chi connectivity index (χ4v) is 4.61. The molecule has 2 N–H and O–H groups in total. The van der Waals surface area contributed by atoms with Crippen LogP contribution in [0.3, 0.4) is 0 Å². The Morgan fingerprint density at radius 1 is 1.15 bits per heavy atom. The summed E-state index contributed by atoms with van der Waals surface area (Å²) in [4.78, 5) is 18.5. The van der Waals surface area contributed by atoms with Gasteiger partial charge in [-0.25, -0.2) is 4.68 Å². The number of hydrogen-bond acceptors (Lipinski definition) is 7. The zero-order valence-corrected chi connectivity index (χ0v) is 19.3. The van der Waals surface area contributed by atoms with Gasteiger partial charge >= 0.3 is 0 Å². The lowest BCUT2D eigenvalue weighted by molar-refractivity contribution is 0.0659. The van der Waals surface area contributed by atoms with Crippen molar-refractivity contribution in [2.45, 2.75) is 38.5 Å². The maximum atomic E-state index is 13.3. The molecule has 176 valence electrons. The van der Waals surface area contributed by atoms with E-state index in [1.807, 2.05) is 49.4 Å². The second-order valence-electron chi connectivity index (χ2n) is 8.86. The third-order valence-corrected chi connectivity index (χ3v) is 6.48. The van der Waals surface area contributed by atoms with Crippen LogP contribution < -0.4 is 10.3 Å². The number of aliphatic hydroxyl groups excluding tert-OH is 1. The van der Waals surface area contributed by atoms with Crippen molar-refractivity contribution < 1.29 is 9.84 Å². The Kier molecular flexibility index (Phi) is 6.12. The number of benzene rings is 2. The summed E-state index contributed by atoms with van der Waals surface area (Å²) in [6.45, 7) is 3.78. The average Bonchev–Trinajstić information content (AvgIpc) is 3.29.